The van der Waals surface area contributed by atoms with Crippen molar-refractivity contribution in [1.82, 2.24) is 14.8 Å². The van der Waals surface area contributed by atoms with E-state index in [9.17, 15) is 0 Å². The Balaban J connectivity index is 1.92. The number of fused-ring (bicyclic) bond motifs is 1. The number of aryl methyl sites for hydroxylation is 2. The minimum Gasteiger partial charge on any atom is -0.398 e. The lowest BCUT2D eigenvalue weighted by Gasteiger charge is -2.07. The summed E-state index contributed by atoms with van der Waals surface area (Å²) in [6.07, 6.45) is 1.81. The number of hydrogen-bond acceptors (Lipinski definition) is 4. The van der Waals surface area contributed by atoms with E-state index in [-0.39, 0.29) is 0 Å². The van der Waals surface area contributed by atoms with E-state index in [2.05, 4.69) is 22.2 Å². The lowest BCUT2D eigenvalue weighted by Crippen LogP contribution is -1.95. The Morgan fingerprint density at radius 2 is 2.15 bits per heavy atom. The Hall–Kier alpha value is -2.01. The summed E-state index contributed by atoms with van der Waals surface area (Å²) in [6.45, 7) is 2.00. The first-order valence-corrected chi connectivity index (χ1v) is 7.39. The van der Waals surface area contributed by atoms with Gasteiger partial charge in [0.15, 0.2) is 0 Å². The molecule has 5 heteroatoms. The highest BCUT2D eigenvalue weighted by molar-refractivity contribution is 7.98. The monoisotopic (exact) mass is 284 g/mol. The van der Waals surface area contributed by atoms with Crippen molar-refractivity contribution in [1.29, 1.82) is 0 Å². The molecule has 0 saturated heterocycles. The van der Waals surface area contributed by atoms with E-state index < -0.39 is 0 Å². The van der Waals surface area contributed by atoms with Crippen molar-refractivity contribution in [2.75, 3.05) is 5.73 Å². The highest BCUT2D eigenvalue weighted by Crippen LogP contribution is 2.28. The fraction of sp³-hybridized carbons (Fsp3) is 0.200. The van der Waals surface area contributed by atoms with Crippen LogP contribution in [0.4, 0.5) is 5.69 Å². The van der Waals surface area contributed by atoms with Crippen LogP contribution in [0.25, 0.3) is 10.9 Å². The normalized spacial score (nSPS) is 11.1. The molecule has 0 bridgehead atoms. The summed E-state index contributed by atoms with van der Waals surface area (Å²) in [5.41, 5.74) is 9.99. The van der Waals surface area contributed by atoms with Gasteiger partial charge in [-0.2, -0.15) is 5.10 Å². The third-order valence-corrected chi connectivity index (χ3v) is 4.35. The zero-order valence-electron chi connectivity index (χ0n) is 11.5. The van der Waals surface area contributed by atoms with Crippen LogP contribution >= 0.6 is 11.8 Å². The molecule has 0 radical (unpaired) electrons. The molecule has 102 valence electrons. The molecule has 0 aliphatic carbocycles. The van der Waals surface area contributed by atoms with Gasteiger partial charge in [0.2, 0.25) is 0 Å². The van der Waals surface area contributed by atoms with E-state index in [1.54, 1.807) is 11.8 Å². The van der Waals surface area contributed by atoms with Crippen LogP contribution in [0, 0.1) is 6.92 Å². The number of rotatable bonds is 3. The molecule has 0 aliphatic rings. The number of nitrogens with two attached hydrogens (primary N) is 1. The third kappa shape index (κ3) is 2.36. The fourth-order valence-corrected chi connectivity index (χ4v) is 3.26. The molecule has 4 nitrogen and oxygen atoms in total. The Labute approximate surface area is 122 Å². The summed E-state index contributed by atoms with van der Waals surface area (Å²) in [5.74, 6) is 0.854. The smallest absolute Gasteiger partial charge is 0.0942 e. The Bertz CT molecular complexity index is 764. The second kappa shape index (κ2) is 5.17. The summed E-state index contributed by atoms with van der Waals surface area (Å²) >= 11 is 1.76. The van der Waals surface area contributed by atoms with Crippen LogP contribution < -0.4 is 5.73 Å². The Morgan fingerprint density at radius 3 is 2.90 bits per heavy atom. The first-order chi connectivity index (χ1) is 9.65. The van der Waals surface area contributed by atoms with E-state index in [0.29, 0.717) is 0 Å². The maximum Gasteiger partial charge on any atom is 0.0942 e. The second-order valence-electron chi connectivity index (χ2n) is 4.75. The van der Waals surface area contributed by atoms with Crippen molar-refractivity contribution < 1.29 is 0 Å². The average molecular weight is 284 g/mol. The highest BCUT2D eigenvalue weighted by Gasteiger charge is 2.08. The van der Waals surface area contributed by atoms with Crippen molar-refractivity contribution in [2.45, 2.75) is 17.7 Å². The van der Waals surface area contributed by atoms with Gasteiger partial charge < -0.3 is 5.73 Å². The van der Waals surface area contributed by atoms with Crippen LogP contribution in [-0.2, 0) is 12.8 Å². The van der Waals surface area contributed by atoms with Crippen LogP contribution in [0.1, 0.15) is 11.3 Å². The van der Waals surface area contributed by atoms with Gasteiger partial charge in [-0.1, -0.05) is 6.07 Å². The van der Waals surface area contributed by atoms with E-state index in [1.807, 2.05) is 43.0 Å². The van der Waals surface area contributed by atoms with Crippen molar-refractivity contribution in [3.63, 3.8) is 0 Å². The summed E-state index contributed by atoms with van der Waals surface area (Å²) in [4.78, 5) is 4.47. The van der Waals surface area contributed by atoms with E-state index in [0.717, 1.165) is 33.1 Å². The minimum atomic E-state index is 0.776. The number of thioether (sulfide) groups is 1. The van der Waals surface area contributed by atoms with E-state index in [4.69, 9.17) is 5.73 Å². The number of nitrogens with zero attached hydrogens (tertiary/aromatic N) is 3. The summed E-state index contributed by atoms with van der Waals surface area (Å²) in [5, 5.41) is 6.54. The molecule has 0 spiro atoms. The van der Waals surface area contributed by atoms with Gasteiger partial charge in [0.05, 0.1) is 16.2 Å². The zero-order valence-corrected chi connectivity index (χ0v) is 12.3. The molecule has 2 aromatic heterocycles. The van der Waals surface area contributed by atoms with Crippen LogP contribution in [-0.4, -0.2) is 14.8 Å². The summed E-state index contributed by atoms with van der Waals surface area (Å²) in [6, 6.07) is 10.0. The van der Waals surface area contributed by atoms with Gasteiger partial charge in [-0.3, -0.25) is 9.67 Å². The Kier molecular flexibility index (Phi) is 3.36. The third-order valence-electron chi connectivity index (χ3n) is 3.22. The fourth-order valence-electron chi connectivity index (χ4n) is 2.24. The molecule has 3 rings (SSSR count). The van der Waals surface area contributed by atoms with Crippen molar-refractivity contribution >= 4 is 28.4 Å². The SMILES string of the molecule is Cc1cc(SCc2ccc(N)c3cccnc23)n(C)n1. The minimum absolute atomic E-state index is 0.776. The predicted molar refractivity (Wildman–Crippen MR) is 83.7 cm³/mol. The molecule has 2 heterocycles. The summed E-state index contributed by atoms with van der Waals surface area (Å²) < 4.78 is 1.91. The van der Waals surface area contributed by atoms with Crippen LogP contribution in [0.2, 0.25) is 0 Å². The first kappa shape index (κ1) is 13.0. The molecule has 3 aromatic rings. The average Bonchev–Trinajstić information content (AvgIpc) is 2.77. The van der Waals surface area contributed by atoms with Crippen LogP contribution in [0.15, 0.2) is 41.6 Å². The van der Waals surface area contributed by atoms with E-state index >= 15 is 0 Å². The molecule has 0 unspecified atom stereocenters. The standard InChI is InChI=1S/C15H16N4S/c1-10-8-14(19(2)18-10)20-9-11-5-6-13(16)12-4-3-7-17-15(11)12/h3-8H,9,16H2,1-2H3. The van der Waals surface area contributed by atoms with Crippen molar-refractivity contribution in [2.24, 2.45) is 7.05 Å². The number of benzene rings is 1. The molecule has 0 aliphatic heterocycles. The molecule has 0 saturated carbocycles. The number of hydrogen-bond donors (Lipinski definition) is 1. The van der Waals surface area contributed by atoms with Crippen molar-refractivity contribution in [3.05, 3.63) is 47.8 Å². The van der Waals surface area contributed by atoms with Crippen LogP contribution in [0.5, 0.6) is 0 Å². The molecule has 0 amide bonds. The quantitative estimate of drug-likeness (QED) is 0.593. The van der Waals surface area contributed by atoms with Gasteiger partial charge in [0, 0.05) is 30.1 Å². The molecule has 20 heavy (non-hydrogen) atoms. The van der Waals surface area contributed by atoms with Gasteiger partial charge in [-0.25, -0.2) is 0 Å². The van der Waals surface area contributed by atoms with Gasteiger partial charge in [0.1, 0.15) is 0 Å². The molecular weight excluding hydrogens is 268 g/mol. The van der Waals surface area contributed by atoms with Crippen molar-refractivity contribution in [3.8, 4) is 0 Å². The predicted octanol–water partition coefficient (Wildman–Crippen LogP) is 3.15. The second-order valence-corrected chi connectivity index (χ2v) is 5.75. The maximum atomic E-state index is 6.00. The first-order valence-electron chi connectivity index (χ1n) is 6.40. The lowest BCUT2D eigenvalue weighted by atomic mass is 10.1. The number of anilines is 1. The van der Waals surface area contributed by atoms with Gasteiger partial charge >= 0.3 is 0 Å². The number of aromatic nitrogens is 3. The molecule has 0 fully saturated rings. The summed E-state index contributed by atoms with van der Waals surface area (Å²) in [7, 11) is 1.97. The molecule has 0 atom stereocenters. The maximum absolute atomic E-state index is 6.00. The molecular formula is C15H16N4S. The highest BCUT2D eigenvalue weighted by atomic mass is 32.2. The zero-order chi connectivity index (χ0) is 14.1. The van der Waals surface area contributed by atoms with E-state index in [1.165, 1.54) is 5.56 Å². The van der Waals surface area contributed by atoms with Gasteiger partial charge in [0.25, 0.3) is 0 Å². The molecule has 1 aromatic carbocycles. The molecule has 2 N–H and O–H groups in total. The topological polar surface area (TPSA) is 56.7 Å². The number of pyridine rings is 1. The number of nitrogen functional groups attached to an aromatic ring is 1. The van der Waals surface area contributed by atoms with Gasteiger partial charge in [-0.05, 0) is 36.8 Å². The largest absolute Gasteiger partial charge is 0.398 e. The Morgan fingerprint density at radius 1 is 1.30 bits per heavy atom. The van der Waals surface area contributed by atoms with Gasteiger partial charge in [-0.15, -0.1) is 11.8 Å². The lowest BCUT2D eigenvalue weighted by molar-refractivity contribution is 0.692. The van der Waals surface area contributed by atoms with Crippen LogP contribution in [0.3, 0.4) is 0 Å².